The van der Waals surface area contributed by atoms with Gasteiger partial charge < -0.3 is 16.0 Å². The Labute approximate surface area is 188 Å². The van der Waals surface area contributed by atoms with Crippen LogP contribution in [0.25, 0.3) is 0 Å². The summed E-state index contributed by atoms with van der Waals surface area (Å²) in [6.45, 7) is -2.28. The lowest BCUT2D eigenvalue weighted by atomic mass is 10.1. The number of hydrogen-bond acceptors (Lipinski definition) is 5. The summed E-state index contributed by atoms with van der Waals surface area (Å²) < 4.78 is 63.9. The normalized spacial score (nSPS) is 11.6. The minimum atomic E-state index is -4.76. The molecular weight excluding hydrogens is 463 g/mol. The maximum Gasteiger partial charge on any atom is 0.406 e. The maximum absolute atomic E-state index is 13.1. The zero-order chi connectivity index (χ0) is 24.8. The summed E-state index contributed by atoms with van der Waals surface area (Å²) in [5.41, 5.74) is 6.46. The van der Waals surface area contributed by atoms with Crippen molar-refractivity contribution in [1.82, 2.24) is 9.62 Å². The van der Waals surface area contributed by atoms with Gasteiger partial charge in [-0.05, 0) is 29.3 Å². The van der Waals surface area contributed by atoms with Crippen LogP contribution in [0.2, 0.25) is 0 Å². The highest BCUT2D eigenvalue weighted by Crippen LogP contribution is 2.19. The van der Waals surface area contributed by atoms with Crippen LogP contribution in [-0.2, 0) is 32.7 Å². The van der Waals surface area contributed by atoms with E-state index >= 15 is 0 Å². The van der Waals surface area contributed by atoms with E-state index in [0.717, 1.165) is 6.26 Å². The van der Waals surface area contributed by atoms with Gasteiger partial charge in [-0.3, -0.25) is 15.0 Å². The highest BCUT2D eigenvalue weighted by molar-refractivity contribution is 7.88. The number of nitrogens with two attached hydrogens (primary N) is 1. The number of amides is 2. The zero-order valence-electron chi connectivity index (χ0n) is 17.4. The number of rotatable bonds is 8. The molecule has 0 atom stereocenters. The number of amidine groups is 1. The minimum absolute atomic E-state index is 0.0802. The van der Waals surface area contributed by atoms with Gasteiger partial charge in [0.2, 0.25) is 10.0 Å². The van der Waals surface area contributed by atoms with Crippen molar-refractivity contribution < 1.29 is 31.2 Å². The first kappa shape index (κ1) is 25.8. The second-order valence-corrected chi connectivity index (χ2v) is 8.97. The van der Waals surface area contributed by atoms with E-state index in [4.69, 9.17) is 11.1 Å². The molecule has 2 aromatic carbocycles. The molecule has 13 heteroatoms. The van der Waals surface area contributed by atoms with Crippen molar-refractivity contribution in [3.05, 3.63) is 65.2 Å². The molecule has 33 heavy (non-hydrogen) atoms. The molecular formula is C20H22F3N5O4S. The molecule has 0 spiro atoms. The fourth-order valence-electron chi connectivity index (χ4n) is 2.78. The molecule has 2 rings (SSSR count). The number of alkyl halides is 3. The monoisotopic (exact) mass is 485 g/mol. The van der Waals surface area contributed by atoms with Gasteiger partial charge >= 0.3 is 18.0 Å². The Morgan fingerprint density at radius 1 is 1.09 bits per heavy atom. The summed E-state index contributed by atoms with van der Waals surface area (Å²) in [6.07, 6.45) is -3.79. The number of carbonyl (C=O) groups is 2. The minimum Gasteiger partial charge on any atom is -0.384 e. The van der Waals surface area contributed by atoms with Crippen LogP contribution in [0.3, 0.4) is 0 Å². The molecule has 2 aromatic rings. The first-order valence-corrected chi connectivity index (χ1v) is 11.3. The average Bonchev–Trinajstić information content (AvgIpc) is 2.70. The third-order valence-corrected chi connectivity index (χ3v) is 4.86. The van der Waals surface area contributed by atoms with Gasteiger partial charge in [-0.1, -0.05) is 30.3 Å². The molecule has 0 radical (unpaired) electrons. The lowest BCUT2D eigenvalue weighted by Crippen LogP contribution is -2.44. The van der Waals surface area contributed by atoms with E-state index in [1.807, 2.05) is 0 Å². The van der Waals surface area contributed by atoms with Crippen LogP contribution in [0, 0.1) is 5.41 Å². The van der Waals surface area contributed by atoms with Crippen LogP contribution < -0.4 is 15.8 Å². The van der Waals surface area contributed by atoms with Crippen molar-refractivity contribution in [2.24, 2.45) is 5.73 Å². The van der Waals surface area contributed by atoms with E-state index in [1.165, 1.54) is 42.5 Å². The Morgan fingerprint density at radius 3 is 2.33 bits per heavy atom. The Balaban J connectivity index is 2.18. The second kappa shape index (κ2) is 10.4. The molecule has 0 saturated carbocycles. The predicted molar refractivity (Wildman–Crippen MR) is 116 cm³/mol. The molecule has 9 nitrogen and oxygen atoms in total. The fourth-order valence-corrected chi connectivity index (χ4v) is 3.20. The number of nitrogens with one attached hydrogen (secondary N) is 3. The van der Waals surface area contributed by atoms with E-state index in [1.54, 1.807) is 6.07 Å². The van der Waals surface area contributed by atoms with Crippen molar-refractivity contribution in [1.29, 1.82) is 5.41 Å². The zero-order valence-corrected chi connectivity index (χ0v) is 18.3. The molecule has 0 aliphatic carbocycles. The third-order valence-electron chi connectivity index (χ3n) is 4.19. The summed E-state index contributed by atoms with van der Waals surface area (Å²) >= 11 is 0. The highest BCUT2D eigenvalue weighted by atomic mass is 32.2. The molecule has 5 N–H and O–H groups in total. The number of halogens is 3. The lowest BCUT2D eigenvalue weighted by Gasteiger charge is -2.23. The van der Waals surface area contributed by atoms with Crippen molar-refractivity contribution in [2.45, 2.75) is 19.3 Å². The first-order chi connectivity index (χ1) is 15.2. The number of nitrogen functional groups attached to an aromatic ring is 1. The van der Waals surface area contributed by atoms with Gasteiger partial charge in [0.05, 0.1) is 6.26 Å². The van der Waals surface area contributed by atoms with Crippen LogP contribution >= 0.6 is 0 Å². The van der Waals surface area contributed by atoms with Gasteiger partial charge in [0, 0.05) is 24.3 Å². The van der Waals surface area contributed by atoms with E-state index in [0.29, 0.717) is 10.5 Å². The Morgan fingerprint density at radius 2 is 1.73 bits per heavy atom. The van der Waals surface area contributed by atoms with Crippen LogP contribution in [0.5, 0.6) is 0 Å². The number of anilines is 1. The summed E-state index contributed by atoms with van der Waals surface area (Å²) in [5, 5.41) is 9.66. The Bertz CT molecular complexity index is 1150. The molecule has 0 aliphatic heterocycles. The van der Waals surface area contributed by atoms with Crippen molar-refractivity contribution in [3.8, 4) is 0 Å². The van der Waals surface area contributed by atoms with Crippen molar-refractivity contribution >= 4 is 33.4 Å². The molecule has 0 fully saturated rings. The standard InChI is InChI=1S/C20H22F3N5O4S/c1-33(31,32)26-10-13-4-3-7-16(9-13)27-18(29)19(30)28(12-20(21,22)23)11-14-5-2-6-15(8-14)17(24)25/h2-9,26H,10-12H2,1H3,(H3,24,25)(H,27,29). The molecule has 0 aliphatic rings. The quantitative estimate of drug-likeness (QED) is 0.255. The van der Waals surface area contributed by atoms with E-state index in [2.05, 4.69) is 10.0 Å². The summed E-state index contributed by atoms with van der Waals surface area (Å²) in [4.78, 5) is 25.3. The van der Waals surface area contributed by atoms with E-state index in [-0.39, 0.29) is 29.2 Å². The van der Waals surface area contributed by atoms with E-state index < -0.39 is 41.1 Å². The van der Waals surface area contributed by atoms with Crippen molar-refractivity contribution in [2.75, 3.05) is 18.1 Å². The summed E-state index contributed by atoms with van der Waals surface area (Å²) in [7, 11) is -3.46. The third kappa shape index (κ3) is 8.90. The fraction of sp³-hybridized carbons (Fsp3) is 0.250. The molecule has 0 saturated heterocycles. The Kier molecular flexibility index (Phi) is 8.17. The SMILES string of the molecule is CS(=O)(=O)NCc1cccc(NC(=O)C(=O)N(Cc2cccc(C(=N)N)c2)CC(F)(F)F)c1. The maximum atomic E-state index is 13.1. The largest absolute Gasteiger partial charge is 0.406 e. The molecule has 0 aromatic heterocycles. The number of benzene rings is 2. The topological polar surface area (TPSA) is 145 Å². The number of sulfonamides is 1. The second-order valence-electron chi connectivity index (χ2n) is 7.14. The molecule has 178 valence electrons. The number of nitrogens with zero attached hydrogens (tertiary/aromatic N) is 1. The van der Waals surface area contributed by atoms with Gasteiger partial charge in [-0.25, -0.2) is 13.1 Å². The van der Waals surface area contributed by atoms with Crippen LogP contribution in [-0.4, -0.2) is 49.9 Å². The van der Waals surface area contributed by atoms with Crippen LogP contribution in [0.1, 0.15) is 16.7 Å². The van der Waals surface area contributed by atoms with Gasteiger partial charge in [0.1, 0.15) is 12.4 Å². The molecule has 0 unspecified atom stereocenters. The first-order valence-electron chi connectivity index (χ1n) is 9.37. The van der Waals surface area contributed by atoms with Gasteiger partial charge in [-0.15, -0.1) is 0 Å². The summed E-state index contributed by atoms with van der Waals surface area (Å²) in [5.74, 6) is -3.01. The van der Waals surface area contributed by atoms with Gasteiger partial charge in [0.15, 0.2) is 0 Å². The summed E-state index contributed by atoms with van der Waals surface area (Å²) in [6, 6.07) is 11.6. The van der Waals surface area contributed by atoms with Gasteiger partial charge in [0.25, 0.3) is 0 Å². The van der Waals surface area contributed by atoms with E-state index in [9.17, 15) is 31.2 Å². The van der Waals surface area contributed by atoms with Gasteiger partial charge in [-0.2, -0.15) is 13.2 Å². The predicted octanol–water partition coefficient (Wildman–Crippen LogP) is 1.55. The Hall–Kier alpha value is -3.45. The molecule has 2 amide bonds. The smallest absolute Gasteiger partial charge is 0.384 e. The number of carbonyl (C=O) groups excluding carboxylic acids is 2. The van der Waals surface area contributed by atoms with Crippen LogP contribution in [0.15, 0.2) is 48.5 Å². The molecule has 0 heterocycles. The number of hydrogen-bond donors (Lipinski definition) is 4. The van der Waals surface area contributed by atoms with Crippen molar-refractivity contribution in [3.63, 3.8) is 0 Å². The van der Waals surface area contributed by atoms with Crippen LogP contribution in [0.4, 0.5) is 18.9 Å². The lowest BCUT2D eigenvalue weighted by molar-refractivity contribution is -0.164. The average molecular weight is 485 g/mol. The highest BCUT2D eigenvalue weighted by Gasteiger charge is 2.35. The molecule has 0 bridgehead atoms.